The molecule has 2 rings (SSSR count). The Morgan fingerprint density at radius 3 is 2.26 bits per heavy atom. The summed E-state index contributed by atoms with van der Waals surface area (Å²) < 4.78 is 0. The van der Waals surface area contributed by atoms with Crippen molar-refractivity contribution >= 4 is 29.9 Å². The van der Waals surface area contributed by atoms with Gasteiger partial charge in [-0.1, -0.05) is 26.7 Å². The lowest BCUT2D eigenvalue weighted by Gasteiger charge is -2.34. The fourth-order valence-corrected chi connectivity index (χ4v) is 4.36. The number of piperazine rings is 1. The molecule has 1 aliphatic heterocycles. The SMILES string of the molecule is CCN1CCN(CCCCNC(=NC)N(C)CC2CCC(C)CC2)CC1.I. The van der Waals surface area contributed by atoms with Crippen molar-refractivity contribution in [2.45, 2.75) is 52.4 Å². The summed E-state index contributed by atoms with van der Waals surface area (Å²) in [5, 5.41) is 3.57. The maximum atomic E-state index is 4.49. The Bertz CT molecular complexity index is 401. The van der Waals surface area contributed by atoms with Gasteiger partial charge in [0.15, 0.2) is 5.96 Å². The predicted molar refractivity (Wildman–Crippen MR) is 128 cm³/mol. The molecule has 0 radical (unpaired) electrons. The van der Waals surface area contributed by atoms with E-state index in [2.05, 4.69) is 45.9 Å². The zero-order valence-corrected chi connectivity index (χ0v) is 20.6. The fourth-order valence-electron chi connectivity index (χ4n) is 4.36. The normalized spacial score (nSPS) is 25.1. The highest BCUT2D eigenvalue weighted by Crippen LogP contribution is 2.28. The third-order valence-corrected chi connectivity index (χ3v) is 6.34. The molecule has 0 unspecified atom stereocenters. The lowest BCUT2D eigenvalue weighted by molar-refractivity contribution is 0.136. The molecule has 1 saturated heterocycles. The third-order valence-electron chi connectivity index (χ3n) is 6.34. The first-order chi connectivity index (χ1) is 12.6. The van der Waals surface area contributed by atoms with Gasteiger partial charge in [-0.25, -0.2) is 0 Å². The molecule has 27 heavy (non-hydrogen) atoms. The highest BCUT2D eigenvalue weighted by molar-refractivity contribution is 14.0. The summed E-state index contributed by atoms with van der Waals surface area (Å²) in [6, 6.07) is 0. The van der Waals surface area contributed by atoms with Gasteiger partial charge in [0, 0.05) is 53.4 Å². The molecule has 0 amide bonds. The van der Waals surface area contributed by atoms with Gasteiger partial charge >= 0.3 is 0 Å². The van der Waals surface area contributed by atoms with Gasteiger partial charge in [-0.15, -0.1) is 24.0 Å². The van der Waals surface area contributed by atoms with E-state index in [9.17, 15) is 0 Å². The van der Waals surface area contributed by atoms with Crippen LogP contribution in [0.15, 0.2) is 4.99 Å². The average Bonchev–Trinajstić information content (AvgIpc) is 2.67. The van der Waals surface area contributed by atoms with Gasteiger partial charge in [0.25, 0.3) is 0 Å². The van der Waals surface area contributed by atoms with Crippen LogP contribution in [0.25, 0.3) is 0 Å². The number of aliphatic imine (C=N–C) groups is 1. The van der Waals surface area contributed by atoms with Crippen molar-refractivity contribution in [1.82, 2.24) is 20.0 Å². The number of nitrogens with one attached hydrogen (secondary N) is 1. The summed E-state index contributed by atoms with van der Waals surface area (Å²) in [6.45, 7) is 14.2. The molecule has 1 aliphatic carbocycles. The molecular formula is C21H44IN5. The van der Waals surface area contributed by atoms with Crippen molar-refractivity contribution in [2.75, 3.05) is 66.5 Å². The van der Waals surface area contributed by atoms with Gasteiger partial charge in [-0.3, -0.25) is 4.99 Å². The highest BCUT2D eigenvalue weighted by Gasteiger charge is 2.20. The summed E-state index contributed by atoms with van der Waals surface area (Å²) in [6.07, 6.45) is 8.07. The van der Waals surface area contributed by atoms with E-state index in [4.69, 9.17) is 0 Å². The Kier molecular flexibility index (Phi) is 12.9. The second-order valence-electron chi connectivity index (χ2n) is 8.46. The molecule has 1 N–H and O–H groups in total. The van der Waals surface area contributed by atoms with Crippen molar-refractivity contribution in [3.05, 3.63) is 0 Å². The van der Waals surface area contributed by atoms with E-state index >= 15 is 0 Å². The number of hydrogen-bond acceptors (Lipinski definition) is 3. The summed E-state index contributed by atoms with van der Waals surface area (Å²) in [7, 11) is 4.11. The molecule has 2 aliphatic rings. The van der Waals surface area contributed by atoms with Crippen molar-refractivity contribution in [3.8, 4) is 0 Å². The lowest BCUT2D eigenvalue weighted by Crippen LogP contribution is -2.46. The minimum absolute atomic E-state index is 0. The molecule has 1 saturated carbocycles. The first-order valence-electron chi connectivity index (χ1n) is 11.0. The first kappa shape index (κ1) is 25.0. The molecule has 0 aromatic carbocycles. The van der Waals surface area contributed by atoms with E-state index in [-0.39, 0.29) is 24.0 Å². The quantitative estimate of drug-likeness (QED) is 0.244. The molecule has 0 aromatic rings. The van der Waals surface area contributed by atoms with Gasteiger partial charge in [-0.2, -0.15) is 0 Å². The van der Waals surface area contributed by atoms with Crippen LogP contribution in [0.5, 0.6) is 0 Å². The van der Waals surface area contributed by atoms with Crippen molar-refractivity contribution in [1.29, 1.82) is 0 Å². The Labute approximate surface area is 185 Å². The largest absolute Gasteiger partial charge is 0.356 e. The van der Waals surface area contributed by atoms with Crippen LogP contribution in [0.3, 0.4) is 0 Å². The highest BCUT2D eigenvalue weighted by atomic mass is 127. The number of halogens is 1. The second-order valence-corrected chi connectivity index (χ2v) is 8.46. The van der Waals surface area contributed by atoms with E-state index in [1.54, 1.807) is 0 Å². The Hall–Kier alpha value is -0.0800. The summed E-state index contributed by atoms with van der Waals surface area (Å²) in [4.78, 5) is 12.0. The van der Waals surface area contributed by atoms with Gasteiger partial charge < -0.3 is 20.0 Å². The number of hydrogen-bond donors (Lipinski definition) is 1. The van der Waals surface area contributed by atoms with E-state index < -0.39 is 0 Å². The van der Waals surface area contributed by atoms with Crippen LogP contribution in [0, 0.1) is 11.8 Å². The van der Waals surface area contributed by atoms with E-state index in [1.807, 2.05) is 7.05 Å². The predicted octanol–water partition coefficient (Wildman–Crippen LogP) is 3.36. The zero-order chi connectivity index (χ0) is 18.8. The summed E-state index contributed by atoms with van der Waals surface area (Å²) in [5.41, 5.74) is 0. The van der Waals surface area contributed by atoms with Gasteiger partial charge in [-0.05, 0) is 50.6 Å². The van der Waals surface area contributed by atoms with E-state index in [0.717, 1.165) is 30.9 Å². The number of guanidine groups is 1. The monoisotopic (exact) mass is 493 g/mol. The second kappa shape index (κ2) is 14.0. The van der Waals surface area contributed by atoms with Crippen LogP contribution in [-0.4, -0.2) is 87.1 Å². The smallest absolute Gasteiger partial charge is 0.193 e. The maximum absolute atomic E-state index is 4.49. The first-order valence-corrected chi connectivity index (χ1v) is 11.0. The van der Waals surface area contributed by atoms with Crippen LogP contribution in [0.2, 0.25) is 0 Å². The lowest BCUT2D eigenvalue weighted by atomic mass is 9.83. The molecule has 6 heteroatoms. The van der Waals surface area contributed by atoms with Gasteiger partial charge in [0.05, 0.1) is 0 Å². The van der Waals surface area contributed by atoms with Crippen LogP contribution in [0.4, 0.5) is 0 Å². The maximum Gasteiger partial charge on any atom is 0.193 e. The molecule has 0 spiro atoms. The van der Waals surface area contributed by atoms with Crippen molar-refractivity contribution < 1.29 is 0 Å². The topological polar surface area (TPSA) is 34.1 Å². The molecule has 0 aromatic heterocycles. The summed E-state index contributed by atoms with van der Waals surface area (Å²) >= 11 is 0. The van der Waals surface area contributed by atoms with Crippen LogP contribution >= 0.6 is 24.0 Å². The average molecular weight is 494 g/mol. The standard InChI is InChI=1S/C21H43N5.HI/c1-5-25-14-16-26(17-15-25)13-7-6-12-23-21(22-3)24(4)18-20-10-8-19(2)9-11-20;/h19-20H,5-18H2,1-4H3,(H,22,23);1H. The van der Waals surface area contributed by atoms with Crippen molar-refractivity contribution in [3.63, 3.8) is 0 Å². The third kappa shape index (κ3) is 9.31. The fraction of sp³-hybridized carbons (Fsp3) is 0.952. The molecular weight excluding hydrogens is 449 g/mol. The molecule has 1 heterocycles. The van der Waals surface area contributed by atoms with Crippen molar-refractivity contribution in [2.24, 2.45) is 16.8 Å². The van der Waals surface area contributed by atoms with E-state index in [1.165, 1.54) is 77.8 Å². The molecule has 5 nitrogen and oxygen atoms in total. The molecule has 0 bridgehead atoms. The molecule has 2 fully saturated rings. The molecule has 0 atom stereocenters. The minimum Gasteiger partial charge on any atom is -0.356 e. The van der Waals surface area contributed by atoms with Crippen LogP contribution < -0.4 is 5.32 Å². The number of nitrogens with zero attached hydrogens (tertiary/aromatic N) is 4. The Morgan fingerprint density at radius 1 is 1.04 bits per heavy atom. The summed E-state index contributed by atoms with van der Waals surface area (Å²) in [5.74, 6) is 2.84. The number of likely N-dealkylation sites (N-methyl/N-ethyl adjacent to an activating group) is 1. The molecule has 160 valence electrons. The zero-order valence-electron chi connectivity index (χ0n) is 18.3. The van der Waals surface area contributed by atoms with Gasteiger partial charge in [0.2, 0.25) is 0 Å². The van der Waals surface area contributed by atoms with Gasteiger partial charge in [0.1, 0.15) is 0 Å². The van der Waals surface area contributed by atoms with Crippen LogP contribution in [0.1, 0.15) is 52.4 Å². The Balaban J connectivity index is 0.00000364. The van der Waals surface area contributed by atoms with E-state index in [0.29, 0.717) is 0 Å². The Morgan fingerprint density at radius 2 is 1.67 bits per heavy atom. The number of rotatable bonds is 8. The number of unbranched alkanes of at least 4 members (excludes halogenated alkanes) is 1. The van der Waals surface area contributed by atoms with Crippen LogP contribution in [-0.2, 0) is 0 Å². The minimum atomic E-state index is 0.